The first-order chi connectivity index (χ1) is 19.8. The first-order valence-corrected chi connectivity index (χ1v) is 12.1. The summed E-state index contributed by atoms with van der Waals surface area (Å²) in [7, 11) is -1.92. The number of halogens is 4. The molecule has 2 heterocycles. The molecule has 11 heteroatoms. The third-order valence-electron chi connectivity index (χ3n) is 6.85. The Morgan fingerprint density at radius 3 is 2.69 bits per heavy atom. The van der Waals surface area contributed by atoms with E-state index < -0.39 is 54.0 Å². The van der Waals surface area contributed by atoms with Crippen molar-refractivity contribution in [3.8, 4) is 17.0 Å². The molecule has 0 unspecified atom stereocenters. The Morgan fingerprint density at radius 2 is 2.00 bits per heavy atom. The Hall–Kier alpha value is -3.70. The molecule has 208 valence electrons. The van der Waals surface area contributed by atoms with Gasteiger partial charge in [0.1, 0.15) is 11.9 Å². The number of aliphatic hydroxyl groups excluding tert-OH is 1. The number of ether oxygens (including phenoxy) is 2. The van der Waals surface area contributed by atoms with Crippen LogP contribution in [-0.2, 0) is 11.3 Å². The van der Waals surface area contributed by atoms with Crippen LogP contribution in [0.4, 0.5) is 23.2 Å². The molecule has 4 rings (SSSR count). The van der Waals surface area contributed by atoms with Gasteiger partial charge in [-0.2, -0.15) is 0 Å². The molecule has 1 aliphatic heterocycles. The van der Waals surface area contributed by atoms with Gasteiger partial charge in [-0.25, -0.2) is 22.4 Å². The summed E-state index contributed by atoms with van der Waals surface area (Å²) in [6.07, 6.45) is -3.62. The summed E-state index contributed by atoms with van der Waals surface area (Å²) in [4.78, 5) is 18.5. The van der Waals surface area contributed by atoms with Gasteiger partial charge in [-0.05, 0) is 30.5 Å². The van der Waals surface area contributed by atoms with Gasteiger partial charge < -0.3 is 24.8 Å². The minimum absolute atomic E-state index is 0.0285. The summed E-state index contributed by atoms with van der Waals surface area (Å²) >= 11 is 0. The van der Waals surface area contributed by atoms with E-state index in [1.54, 1.807) is 30.3 Å². The molecule has 0 radical (unpaired) electrons. The number of pyridine rings is 1. The number of anilines is 1. The van der Waals surface area contributed by atoms with Gasteiger partial charge in [0.25, 0.3) is 6.43 Å². The van der Waals surface area contributed by atoms with E-state index in [0.29, 0.717) is 12.1 Å². The zero-order valence-electron chi connectivity index (χ0n) is 24.0. The molecule has 0 aliphatic carbocycles. The summed E-state index contributed by atoms with van der Waals surface area (Å²) in [5, 5.41) is 13.8. The second kappa shape index (κ2) is 12.0. The van der Waals surface area contributed by atoms with E-state index in [0.717, 1.165) is 12.7 Å². The van der Waals surface area contributed by atoms with Crippen molar-refractivity contribution in [1.29, 1.82) is 0 Å². The molecule has 2 aromatic carbocycles. The largest absolute Gasteiger partial charge is 0.494 e. The number of hydrogen-bond acceptors (Lipinski definition) is 7. The van der Waals surface area contributed by atoms with Crippen LogP contribution in [0, 0.1) is 11.6 Å². The average molecular weight is 551 g/mol. The number of nitrogens with zero attached hydrogens (tertiary/aromatic N) is 2. The van der Waals surface area contributed by atoms with E-state index in [1.165, 1.54) is 17.2 Å². The van der Waals surface area contributed by atoms with Crippen molar-refractivity contribution in [1.82, 2.24) is 10.3 Å². The molecule has 2 atom stereocenters. The van der Waals surface area contributed by atoms with E-state index in [2.05, 4.69) is 15.0 Å². The van der Waals surface area contributed by atoms with Crippen LogP contribution < -0.4 is 15.0 Å². The van der Waals surface area contributed by atoms with Gasteiger partial charge >= 0.3 is 5.97 Å². The van der Waals surface area contributed by atoms with Crippen molar-refractivity contribution in [2.75, 3.05) is 32.1 Å². The van der Waals surface area contributed by atoms with Gasteiger partial charge in [0.2, 0.25) is 0 Å². The minimum Gasteiger partial charge on any atom is -0.494 e. The molecule has 1 aromatic heterocycles. The molecular formula is C28H29F4N3O4. The highest BCUT2D eigenvalue weighted by atomic mass is 19.3. The predicted octanol–water partition coefficient (Wildman–Crippen LogP) is 4.58. The number of methoxy groups -OCH3 is 2. The molecule has 0 saturated carbocycles. The number of aliphatic hydroxyl groups is 1. The smallest absolute Gasteiger partial charge is 0.340 e. The Kier molecular flexibility index (Phi) is 7.49. The minimum atomic E-state index is -3.11. The summed E-state index contributed by atoms with van der Waals surface area (Å²) < 4.78 is 89.4. The van der Waals surface area contributed by atoms with Gasteiger partial charge in [-0.1, -0.05) is 30.3 Å². The van der Waals surface area contributed by atoms with Crippen molar-refractivity contribution < 1.29 is 41.0 Å². The molecule has 2 N–H and O–H groups in total. The maximum atomic E-state index is 15.4. The number of alkyl halides is 2. The van der Waals surface area contributed by atoms with Gasteiger partial charge in [-0.3, -0.25) is 4.98 Å². The SMILES string of the molecule is [2H]C([2H])([2H])Oc1cc(F)c(-c2nccc(C(=O)OC)c2N2CCC[C@](NCc3ccccc3)([C@H](O)C(F)F)C2)cc1F. The normalized spacial score (nSPS) is 19.7. The van der Waals surface area contributed by atoms with Crippen LogP contribution in [0.1, 0.15) is 32.9 Å². The van der Waals surface area contributed by atoms with Gasteiger partial charge in [0.15, 0.2) is 11.6 Å². The van der Waals surface area contributed by atoms with Gasteiger partial charge in [0, 0.05) is 37.5 Å². The number of aromatic nitrogens is 1. The fourth-order valence-corrected chi connectivity index (χ4v) is 4.91. The zero-order valence-corrected chi connectivity index (χ0v) is 21.0. The predicted molar refractivity (Wildman–Crippen MR) is 137 cm³/mol. The van der Waals surface area contributed by atoms with E-state index in [1.807, 2.05) is 0 Å². The van der Waals surface area contributed by atoms with Crippen LogP contribution in [0.2, 0.25) is 0 Å². The lowest BCUT2D eigenvalue weighted by molar-refractivity contribution is -0.0657. The number of nitrogens with one attached hydrogen (secondary N) is 1. The maximum absolute atomic E-state index is 15.4. The third-order valence-corrected chi connectivity index (χ3v) is 6.85. The number of rotatable bonds is 9. The standard InChI is InChI=1S/C28H29F4N3O4/c1-38-22-14-20(29)19(13-21(22)30)23-24(18(9-11-33-23)27(37)39-2)35-12-6-10-28(16-35,25(36)26(31)32)34-15-17-7-4-3-5-8-17/h3-5,7-9,11,13-14,25-26,34,36H,6,10,12,15-16H2,1-2H3/t25-,28-/m1/s1/i1D3. The topological polar surface area (TPSA) is 83.9 Å². The highest BCUT2D eigenvalue weighted by Gasteiger charge is 2.46. The van der Waals surface area contributed by atoms with E-state index in [9.17, 15) is 23.1 Å². The number of carbonyl (C=O) groups excluding carboxylic acids is 1. The highest BCUT2D eigenvalue weighted by Crippen LogP contribution is 2.40. The van der Waals surface area contributed by atoms with Gasteiger partial charge in [0.05, 0.1) is 40.7 Å². The van der Waals surface area contributed by atoms with E-state index in [-0.39, 0.29) is 49.4 Å². The van der Waals surface area contributed by atoms with E-state index in [4.69, 9.17) is 8.85 Å². The van der Waals surface area contributed by atoms with Crippen LogP contribution in [-0.4, -0.2) is 61.4 Å². The van der Waals surface area contributed by atoms with Crippen molar-refractivity contribution >= 4 is 11.7 Å². The molecule has 0 spiro atoms. The summed E-state index contributed by atoms with van der Waals surface area (Å²) in [6.45, 7) is 0.0864. The lowest BCUT2D eigenvalue weighted by atomic mass is 9.82. The quantitative estimate of drug-likeness (QED) is 0.298. The van der Waals surface area contributed by atoms with Crippen LogP contribution in [0.25, 0.3) is 11.3 Å². The molecule has 7 nitrogen and oxygen atoms in total. The Labute approximate surface area is 227 Å². The number of piperidine rings is 1. The van der Waals surface area contributed by atoms with Gasteiger partial charge in [-0.15, -0.1) is 0 Å². The van der Waals surface area contributed by atoms with Crippen molar-refractivity contribution in [3.63, 3.8) is 0 Å². The zero-order chi connectivity index (χ0) is 30.7. The third kappa shape index (κ3) is 5.84. The Morgan fingerprint density at radius 1 is 1.23 bits per heavy atom. The maximum Gasteiger partial charge on any atom is 0.340 e. The fourth-order valence-electron chi connectivity index (χ4n) is 4.91. The van der Waals surface area contributed by atoms with Crippen LogP contribution in [0.3, 0.4) is 0 Å². The molecule has 3 aromatic rings. The molecule has 1 saturated heterocycles. The molecule has 1 fully saturated rings. The number of carbonyl (C=O) groups is 1. The van der Waals surface area contributed by atoms with Crippen molar-refractivity contribution in [3.05, 3.63) is 77.5 Å². The van der Waals surface area contributed by atoms with Crippen LogP contribution >= 0.6 is 0 Å². The van der Waals surface area contributed by atoms with Crippen LogP contribution in [0.5, 0.6) is 5.75 Å². The van der Waals surface area contributed by atoms with E-state index >= 15 is 4.39 Å². The second-order valence-corrected chi connectivity index (χ2v) is 9.21. The fraction of sp³-hybridized carbons (Fsp3) is 0.357. The number of hydrogen-bond donors (Lipinski definition) is 2. The van der Waals surface area contributed by atoms with Crippen molar-refractivity contribution in [2.24, 2.45) is 0 Å². The Bertz CT molecular complexity index is 1420. The summed E-state index contributed by atoms with van der Waals surface area (Å²) in [6, 6.07) is 11.5. The molecule has 39 heavy (non-hydrogen) atoms. The summed E-state index contributed by atoms with van der Waals surface area (Å²) in [5.41, 5.74) is -1.57. The summed E-state index contributed by atoms with van der Waals surface area (Å²) in [5.74, 6) is -4.02. The van der Waals surface area contributed by atoms with Crippen molar-refractivity contribution in [2.45, 2.75) is 37.5 Å². The number of benzene rings is 2. The molecule has 0 amide bonds. The second-order valence-electron chi connectivity index (χ2n) is 9.21. The monoisotopic (exact) mass is 550 g/mol. The average Bonchev–Trinajstić information content (AvgIpc) is 2.96. The highest BCUT2D eigenvalue weighted by molar-refractivity contribution is 5.99. The Balaban J connectivity index is 1.81. The lowest BCUT2D eigenvalue weighted by Crippen LogP contribution is -2.65. The molecule has 0 bridgehead atoms. The molecule has 1 aliphatic rings. The lowest BCUT2D eigenvalue weighted by Gasteiger charge is -2.47. The first kappa shape index (κ1) is 24.3. The molecular weight excluding hydrogens is 518 g/mol. The van der Waals surface area contributed by atoms with Crippen LogP contribution in [0.15, 0.2) is 54.7 Å². The number of esters is 1. The first-order valence-electron chi connectivity index (χ1n) is 13.6.